The summed E-state index contributed by atoms with van der Waals surface area (Å²) in [5, 5.41) is 15.3. The minimum Gasteiger partial charge on any atom is -0.357 e. The molecule has 24 heavy (non-hydrogen) atoms. The summed E-state index contributed by atoms with van der Waals surface area (Å²) in [4.78, 5) is 4.52. The van der Waals surface area contributed by atoms with E-state index in [2.05, 4.69) is 21.7 Å². The van der Waals surface area contributed by atoms with Crippen molar-refractivity contribution < 1.29 is 4.39 Å². The van der Waals surface area contributed by atoms with Gasteiger partial charge in [-0.05, 0) is 48.7 Å². The first kappa shape index (κ1) is 17.5. The van der Waals surface area contributed by atoms with Crippen LogP contribution in [0, 0.1) is 17.1 Å². The largest absolute Gasteiger partial charge is 0.357 e. The van der Waals surface area contributed by atoms with Crippen LogP contribution in [-0.4, -0.2) is 19.0 Å². The van der Waals surface area contributed by atoms with E-state index >= 15 is 0 Å². The molecule has 0 aliphatic rings. The van der Waals surface area contributed by atoms with Crippen molar-refractivity contribution in [3.63, 3.8) is 0 Å². The quantitative estimate of drug-likeness (QED) is 0.634. The minimum atomic E-state index is -0.217. The van der Waals surface area contributed by atoms with Crippen LogP contribution in [0.2, 0.25) is 0 Å². The van der Waals surface area contributed by atoms with Crippen molar-refractivity contribution in [3.8, 4) is 6.07 Å². The summed E-state index contributed by atoms with van der Waals surface area (Å²) in [5.74, 6) is 0.488. The Kier molecular flexibility index (Phi) is 6.78. The van der Waals surface area contributed by atoms with Crippen molar-refractivity contribution in [2.45, 2.75) is 19.9 Å². The van der Waals surface area contributed by atoms with E-state index in [1.54, 1.807) is 18.2 Å². The molecule has 0 bridgehead atoms. The van der Waals surface area contributed by atoms with Crippen molar-refractivity contribution in [2.75, 3.05) is 13.1 Å². The maximum Gasteiger partial charge on any atom is 0.191 e. The molecule has 2 aromatic carbocycles. The summed E-state index contributed by atoms with van der Waals surface area (Å²) in [6, 6.07) is 16.1. The third-order valence-corrected chi connectivity index (χ3v) is 3.42. The zero-order chi connectivity index (χ0) is 17.2. The number of halogens is 1. The van der Waals surface area contributed by atoms with Crippen LogP contribution in [0.15, 0.2) is 53.5 Å². The molecule has 0 spiro atoms. The second-order valence-electron chi connectivity index (χ2n) is 5.31. The Morgan fingerprint density at radius 2 is 1.92 bits per heavy atom. The highest BCUT2D eigenvalue weighted by molar-refractivity contribution is 5.79. The Bertz CT molecular complexity index is 734. The van der Waals surface area contributed by atoms with E-state index in [1.807, 2.05) is 31.2 Å². The van der Waals surface area contributed by atoms with E-state index in [1.165, 1.54) is 6.07 Å². The van der Waals surface area contributed by atoms with Crippen LogP contribution in [0.4, 0.5) is 4.39 Å². The summed E-state index contributed by atoms with van der Waals surface area (Å²) >= 11 is 0. The van der Waals surface area contributed by atoms with Gasteiger partial charge in [-0.1, -0.05) is 24.3 Å². The number of nitriles is 1. The highest BCUT2D eigenvalue weighted by Gasteiger charge is 2.00. The third kappa shape index (κ3) is 5.73. The average Bonchev–Trinajstić information content (AvgIpc) is 2.60. The molecular formula is C19H21FN4. The molecule has 0 saturated carbocycles. The fraction of sp³-hybridized carbons (Fsp3) is 0.263. The van der Waals surface area contributed by atoms with E-state index in [-0.39, 0.29) is 5.82 Å². The summed E-state index contributed by atoms with van der Waals surface area (Å²) in [6.45, 7) is 3.91. The molecule has 2 rings (SSSR count). The number of hydrogen-bond acceptors (Lipinski definition) is 2. The lowest BCUT2D eigenvalue weighted by molar-refractivity contribution is 0.625. The van der Waals surface area contributed by atoms with Crippen LogP contribution in [0.5, 0.6) is 0 Å². The second kappa shape index (κ2) is 9.31. The lowest BCUT2D eigenvalue weighted by atomic mass is 10.1. The molecule has 2 aromatic rings. The zero-order valence-corrected chi connectivity index (χ0v) is 13.7. The van der Waals surface area contributed by atoms with Gasteiger partial charge in [0.1, 0.15) is 5.82 Å². The Hall–Kier alpha value is -2.87. The van der Waals surface area contributed by atoms with Crippen molar-refractivity contribution in [3.05, 3.63) is 71.0 Å². The van der Waals surface area contributed by atoms with Gasteiger partial charge in [-0.2, -0.15) is 5.26 Å². The van der Waals surface area contributed by atoms with E-state index in [0.29, 0.717) is 31.0 Å². The Morgan fingerprint density at radius 3 is 2.67 bits per heavy atom. The Balaban J connectivity index is 1.91. The third-order valence-electron chi connectivity index (χ3n) is 3.42. The van der Waals surface area contributed by atoms with Gasteiger partial charge < -0.3 is 10.6 Å². The van der Waals surface area contributed by atoms with Gasteiger partial charge in [-0.25, -0.2) is 9.38 Å². The molecule has 0 amide bonds. The first-order chi connectivity index (χ1) is 11.7. The van der Waals surface area contributed by atoms with Crippen molar-refractivity contribution in [2.24, 2.45) is 4.99 Å². The number of nitrogens with zero attached hydrogens (tertiary/aromatic N) is 2. The summed E-state index contributed by atoms with van der Waals surface area (Å²) in [5.41, 5.74) is 2.56. The van der Waals surface area contributed by atoms with Gasteiger partial charge in [-0.3, -0.25) is 0 Å². The molecule has 4 nitrogen and oxygen atoms in total. The van der Waals surface area contributed by atoms with E-state index in [0.717, 1.165) is 17.7 Å². The van der Waals surface area contributed by atoms with Crippen LogP contribution in [0.1, 0.15) is 23.6 Å². The van der Waals surface area contributed by atoms with Crippen LogP contribution in [0.25, 0.3) is 0 Å². The highest BCUT2D eigenvalue weighted by atomic mass is 19.1. The molecule has 0 atom stereocenters. The lowest BCUT2D eigenvalue weighted by Crippen LogP contribution is -2.38. The predicted molar refractivity (Wildman–Crippen MR) is 94.1 cm³/mol. The number of guanidine groups is 1. The number of benzene rings is 2. The molecule has 124 valence electrons. The summed E-state index contributed by atoms with van der Waals surface area (Å²) in [6.07, 6.45) is 0.714. The first-order valence-corrected chi connectivity index (χ1v) is 7.97. The lowest BCUT2D eigenvalue weighted by Gasteiger charge is -2.11. The molecule has 0 aromatic heterocycles. The van der Waals surface area contributed by atoms with Crippen molar-refractivity contribution in [1.29, 1.82) is 5.26 Å². The van der Waals surface area contributed by atoms with Crippen LogP contribution in [-0.2, 0) is 13.0 Å². The van der Waals surface area contributed by atoms with Gasteiger partial charge in [0.05, 0.1) is 18.2 Å². The highest BCUT2D eigenvalue weighted by Crippen LogP contribution is 2.06. The molecule has 0 radical (unpaired) electrons. The molecule has 5 heteroatoms. The van der Waals surface area contributed by atoms with E-state index < -0.39 is 0 Å². The predicted octanol–water partition coefficient (Wildman–Crippen LogP) is 3.00. The number of aliphatic imine (C=N–C) groups is 1. The monoisotopic (exact) mass is 324 g/mol. The molecule has 0 heterocycles. The first-order valence-electron chi connectivity index (χ1n) is 7.97. The SMILES string of the molecule is CCNC(=NCc1cccc(C#N)c1)NCCc1cccc(F)c1. The summed E-state index contributed by atoms with van der Waals surface area (Å²) in [7, 11) is 0. The van der Waals surface area contributed by atoms with E-state index in [4.69, 9.17) is 5.26 Å². The molecule has 0 fully saturated rings. The Morgan fingerprint density at radius 1 is 1.12 bits per heavy atom. The minimum absolute atomic E-state index is 0.217. The van der Waals surface area contributed by atoms with Crippen molar-refractivity contribution in [1.82, 2.24) is 10.6 Å². The van der Waals surface area contributed by atoms with Gasteiger partial charge in [0.15, 0.2) is 5.96 Å². The maximum atomic E-state index is 13.2. The number of hydrogen-bond donors (Lipinski definition) is 2. The van der Waals surface area contributed by atoms with Crippen LogP contribution in [0.3, 0.4) is 0 Å². The molecular weight excluding hydrogens is 303 g/mol. The van der Waals surface area contributed by atoms with Gasteiger partial charge in [0, 0.05) is 13.1 Å². The molecule has 0 aliphatic heterocycles. The Labute approximate surface area is 142 Å². The maximum absolute atomic E-state index is 13.2. The standard InChI is InChI=1S/C19H21FN4/c1-2-22-19(23-10-9-15-5-4-8-18(20)12-15)24-14-17-7-3-6-16(11-17)13-21/h3-8,11-12H,2,9-10,14H2,1H3,(H2,22,23,24). The van der Waals surface area contributed by atoms with Gasteiger partial charge in [0.2, 0.25) is 0 Å². The molecule has 0 unspecified atom stereocenters. The van der Waals surface area contributed by atoms with Crippen LogP contribution >= 0.6 is 0 Å². The zero-order valence-electron chi connectivity index (χ0n) is 13.7. The molecule has 0 aliphatic carbocycles. The topological polar surface area (TPSA) is 60.2 Å². The smallest absolute Gasteiger partial charge is 0.191 e. The van der Waals surface area contributed by atoms with Crippen LogP contribution < -0.4 is 10.6 Å². The number of nitrogens with one attached hydrogen (secondary N) is 2. The summed E-state index contributed by atoms with van der Waals surface area (Å²) < 4.78 is 13.2. The average molecular weight is 324 g/mol. The van der Waals surface area contributed by atoms with E-state index in [9.17, 15) is 4.39 Å². The number of rotatable bonds is 6. The fourth-order valence-corrected chi connectivity index (χ4v) is 2.27. The normalized spacial score (nSPS) is 11.0. The van der Waals surface area contributed by atoms with Gasteiger partial charge >= 0.3 is 0 Å². The van der Waals surface area contributed by atoms with Gasteiger partial charge in [-0.15, -0.1) is 0 Å². The van der Waals surface area contributed by atoms with Crippen molar-refractivity contribution >= 4 is 5.96 Å². The van der Waals surface area contributed by atoms with Gasteiger partial charge in [0.25, 0.3) is 0 Å². The fourth-order valence-electron chi connectivity index (χ4n) is 2.27. The molecule has 2 N–H and O–H groups in total. The second-order valence-corrected chi connectivity index (χ2v) is 5.31. The molecule has 0 saturated heterocycles.